The highest BCUT2D eigenvalue weighted by Crippen LogP contribution is 2.16. The molecule has 140 valence electrons. The van der Waals surface area contributed by atoms with E-state index in [9.17, 15) is 4.79 Å². The molecule has 1 N–H and O–H groups in total. The number of halogens is 1. The minimum atomic E-state index is -0.0391. The molecule has 26 heavy (non-hydrogen) atoms. The summed E-state index contributed by atoms with van der Waals surface area (Å²) in [5.74, 6) is 0.621. The lowest BCUT2D eigenvalue weighted by Gasteiger charge is -2.21. The highest BCUT2D eigenvalue weighted by molar-refractivity contribution is 6.31. The van der Waals surface area contributed by atoms with Gasteiger partial charge in [-0.2, -0.15) is 5.10 Å². The molecular weight excluding hydrogens is 348 g/mol. The summed E-state index contributed by atoms with van der Waals surface area (Å²) in [7, 11) is 0. The molecule has 0 radical (unpaired) electrons. The van der Waals surface area contributed by atoms with Gasteiger partial charge in [0.1, 0.15) is 0 Å². The molecular formula is C20H27ClN4O. The average Bonchev–Trinajstić information content (AvgIpc) is 2.87. The second-order valence-electron chi connectivity index (χ2n) is 7.38. The lowest BCUT2D eigenvalue weighted by atomic mass is 10.1. The molecule has 1 aromatic carbocycles. The monoisotopic (exact) mass is 374 g/mol. The van der Waals surface area contributed by atoms with Gasteiger partial charge >= 0.3 is 0 Å². The predicted octanol–water partition coefficient (Wildman–Crippen LogP) is 3.26. The Morgan fingerprint density at radius 2 is 2.12 bits per heavy atom. The molecule has 2 heterocycles. The van der Waals surface area contributed by atoms with E-state index >= 15 is 0 Å². The number of carbonyl (C=O) groups excluding carboxylic acids is 1. The molecule has 0 bridgehead atoms. The van der Waals surface area contributed by atoms with Crippen molar-refractivity contribution in [3.63, 3.8) is 0 Å². The SMILES string of the molecule is CC(C)CN1CCCn2nc(CNC(=O)Cc3ccccc3Cl)cc2C1. The Kier molecular flexibility index (Phi) is 6.33. The Hall–Kier alpha value is -1.85. The van der Waals surface area contributed by atoms with E-state index < -0.39 is 0 Å². The van der Waals surface area contributed by atoms with Crippen molar-refractivity contribution >= 4 is 17.5 Å². The quantitative estimate of drug-likeness (QED) is 0.844. The zero-order valence-electron chi connectivity index (χ0n) is 15.5. The van der Waals surface area contributed by atoms with Crippen LogP contribution in [-0.2, 0) is 30.8 Å². The standard InChI is InChI=1S/C20H27ClN4O/c1-15(2)13-24-8-5-9-25-18(14-24)11-17(23-25)12-22-20(26)10-16-6-3-4-7-19(16)21/h3-4,6-7,11,15H,5,8-10,12-14H2,1-2H3,(H,22,26). The number of hydrogen-bond donors (Lipinski definition) is 1. The lowest BCUT2D eigenvalue weighted by molar-refractivity contribution is -0.120. The third-order valence-corrected chi connectivity index (χ3v) is 4.91. The topological polar surface area (TPSA) is 50.2 Å². The van der Waals surface area contributed by atoms with Crippen LogP contribution in [0.15, 0.2) is 30.3 Å². The van der Waals surface area contributed by atoms with Crippen LogP contribution in [0.5, 0.6) is 0 Å². The Morgan fingerprint density at radius 3 is 2.88 bits per heavy atom. The summed E-state index contributed by atoms with van der Waals surface area (Å²) < 4.78 is 2.09. The molecule has 0 atom stereocenters. The Balaban J connectivity index is 1.56. The minimum Gasteiger partial charge on any atom is -0.350 e. The molecule has 2 aromatic rings. The van der Waals surface area contributed by atoms with Crippen LogP contribution < -0.4 is 5.32 Å². The van der Waals surface area contributed by atoms with Crippen molar-refractivity contribution in [2.75, 3.05) is 13.1 Å². The summed E-state index contributed by atoms with van der Waals surface area (Å²) in [6, 6.07) is 9.56. The number of nitrogens with zero attached hydrogens (tertiary/aromatic N) is 3. The number of benzene rings is 1. The molecule has 1 aliphatic heterocycles. The van der Waals surface area contributed by atoms with Gasteiger partial charge in [0.15, 0.2) is 0 Å². The smallest absolute Gasteiger partial charge is 0.224 e. The summed E-state index contributed by atoms with van der Waals surface area (Å²) in [4.78, 5) is 14.7. The van der Waals surface area contributed by atoms with Crippen molar-refractivity contribution in [3.05, 3.63) is 52.3 Å². The fourth-order valence-corrected chi connectivity index (χ4v) is 3.62. The van der Waals surface area contributed by atoms with Crippen LogP contribution in [-0.4, -0.2) is 33.7 Å². The van der Waals surface area contributed by atoms with Crippen LogP contribution in [0.25, 0.3) is 0 Å². The van der Waals surface area contributed by atoms with Crippen molar-refractivity contribution in [1.29, 1.82) is 0 Å². The third-order valence-electron chi connectivity index (χ3n) is 4.54. The van der Waals surface area contributed by atoms with E-state index in [2.05, 4.69) is 39.9 Å². The van der Waals surface area contributed by atoms with E-state index in [1.165, 1.54) is 5.69 Å². The van der Waals surface area contributed by atoms with Gasteiger partial charge in [-0.25, -0.2) is 0 Å². The molecule has 0 spiro atoms. The van der Waals surface area contributed by atoms with Crippen molar-refractivity contribution in [2.45, 2.75) is 46.3 Å². The van der Waals surface area contributed by atoms with Crippen molar-refractivity contribution < 1.29 is 4.79 Å². The number of hydrogen-bond acceptors (Lipinski definition) is 3. The lowest BCUT2D eigenvalue weighted by Crippen LogP contribution is -2.27. The Morgan fingerprint density at radius 1 is 1.31 bits per heavy atom. The third kappa shape index (κ3) is 5.08. The van der Waals surface area contributed by atoms with Gasteiger partial charge in [0.2, 0.25) is 5.91 Å². The van der Waals surface area contributed by atoms with Gasteiger partial charge in [-0.1, -0.05) is 43.6 Å². The fourth-order valence-electron chi connectivity index (χ4n) is 3.41. The highest BCUT2D eigenvalue weighted by atomic mass is 35.5. The summed E-state index contributed by atoms with van der Waals surface area (Å²) in [5, 5.41) is 8.25. The second kappa shape index (κ2) is 8.69. The van der Waals surface area contributed by atoms with Gasteiger partial charge in [0.05, 0.1) is 24.4 Å². The number of fused-ring (bicyclic) bond motifs is 1. The zero-order valence-corrected chi connectivity index (χ0v) is 16.3. The summed E-state index contributed by atoms with van der Waals surface area (Å²) >= 11 is 6.12. The molecule has 0 unspecified atom stereocenters. The van der Waals surface area contributed by atoms with E-state index in [0.29, 0.717) is 17.5 Å². The highest BCUT2D eigenvalue weighted by Gasteiger charge is 2.17. The molecule has 0 aliphatic carbocycles. The first-order valence-corrected chi connectivity index (χ1v) is 9.67. The van der Waals surface area contributed by atoms with Crippen molar-refractivity contribution in [1.82, 2.24) is 20.0 Å². The predicted molar refractivity (Wildman–Crippen MR) is 104 cm³/mol. The van der Waals surface area contributed by atoms with Crippen LogP contribution in [0.2, 0.25) is 5.02 Å². The van der Waals surface area contributed by atoms with Crippen LogP contribution in [0, 0.1) is 5.92 Å². The van der Waals surface area contributed by atoms with Gasteiger partial charge in [0.25, 0.3) is 0 Å². The second-order valence-corrected chi connectivity index (χ2v) is 7.78. The minimum absolute atomic E-state index is 0.0391. The molecule has 0 saturated heterocycles. The van der Waals surface area contributed by atoms with Crippen LogP contribution in [0.4, 0.5) is 0 Å². The summed E-state index contributed by atoms with van der Waals surface area (Å²) in [6.07, 6.45) is 1.40. The normalized spacial score (nSPS) is 14.9. The number of aromatic nitrogens is 2. The first-order valence-electron chi connectivity index (χ1n) is 9.29. The Labute approximate surface area is 160 Å². The maximum absolute atomic E-state index is 12.2. The van der Waals surface area contributed by atoms with E-state index in [1.54, 1.807) is 6.07 Å². The Bertz CT molecular complexity index is 756. The van der Waals surface area contributed by atoms with Crippen LogP contribution in [0.3, 0.4) is 0 Å². The number of carbonyl (C=O) groups is 1. The van der Waals surface area contributed by atoms with Gasteiger partial charge in [0, 0.05) is 31.2 Å². The van der Waals surface area contributed by atoms with Crippen molar-refractivity contribution in [2.24, 2.45) is 5.92 Å². The first kappa shape index (κ1) is 18.9. The molecule has 1 aliphatic rings. The van der Waals surface area contributed by atoms with E-state index in [1.807, 2.05) is 18.2 Å². The maximum atomic E-state index is 12.2. The van der Waals surface area contributed by atoms with Crippen LogP contribution in [0.1, 0.15) is 37.2 Å². The van der Waals surface area contributed by atoms with Crippen LogP contribution >= 0.6 is 11.6 Å². The van der Waals surface area contributed by atoms with Gasteiger partial charge in [-0.05, 0) is 30.0 Å². The molecule has 6 heteroatoms. The van der Waals surface area contributed by atoms with E-state index in [0.717, 1.165) is 43.9 Å². The largest absolute Gasteiger partial charge is 0.350 e. The molecule has 1 aromatic heterocycles. The molecule has 0 fully saturated rings. The maximum Gasteiger partial charge on any atom is 0.224 e. The average molecular weight is 375 g/mol. The fraction of sp³-hybridized carbons (Fsp3) is 0.500. The molecule has 3 rings (SSSR count). The number of nitrogens with one attached hydrogen (secondary N) is 1. The number of amides is 1. The van der Waals surface area contributed by atoms with E-state index in [-0.39, 0.29) is 12.3 Å². The van der Waals surface area contributed by atoms with Gasteiger partial charge in [-0.15, -0.1) is 0 Å². The summed E-state index contributed by atoms with van der Waals surface area (Å²) in [5.41, 5.74) is 2.99. The van der Waals surface area contributed by atoms with E-state index in [4.69, 9.17) is 11.6 Å². The first-order chi connectivity index (χ1) is 12.5. The molecule has 1 amide bonds. The van der Waals surface area contributed by atoms with Crippen molar-refractivity contribution in [3.8, 4) is 0 Å². The number of aryl methyl sites for hydroxylation is 1. The van der Waals surface area contributed by atoms with Gasteiger partial charge < -0.3 is 5.32 Å². The molecule has 0 saturated carbocycles. The number of rotatable bonds is 6. The summed E-state index contributed by atoms with van der Waals surface area (Å²) in [6.45, 7) is 9.05. The molecule has 5 nitrogen and oxygen atoms in total. The zero-order chi connectivity index (χ0) is 18.5. The van der Waals surface area contributed by atoms with Gasteiger partial charge in [-0.3, -0.25) is 14.4 Å².